The lowest BCUT2D eigenvalue weighted by molar-refractivity contribution is -0.170. The maximum atomic E-state index is 14.4. The Morgan fingerprint density at radius 1 is 1.41 bits per heavy atom. The number of nitriles is 1. The minimum Gasteiger partial charge on any atom is -0.494 e. The van der Waals surface area contributed by atoms with Crippen LogP contribution in [0.1, 0.15) is 57.2 Å². The van der Waals surface area contributed by atoms with Crippen molar-refractivity contribution >= 4 is 27.8 Å². The Labute approximate surface area is 213 Å². The normalized spacial score (nSPS) is 20.3. The number of halogens is 1. The number of carboxylic acids is 1. The molecule has 0 unspecified atom stereocenters. The maximum absolute atomic E-state index is 14.4. The zero-order valence-corrected chi connectivity index (χ0v) is 21.3. The average molecular weight is 505 g/mol. The number of carbonyl (C=O) groups is 1. The molecule has 0 spiro atoms. The highest BCUT2D eigenvalue weighted by Gasteiger charge is 2.42. The van der Waals surface area contributed by atoms with Crippen LogP contribution in [0.5, 0.6) is 5.75 Å². The van der Waals surface area contributed by atoms with Gasteiger partial charge in [0.1, 0.15) is 0 Å². The Hall–Kier alpha value is -3.90. The minimum absolute atomic E-state index is 0.105. The number of methoxy groups -OCH3 is 1. The maximum Gasteiger partial charge on any atom is 0.335 e. The molecule has 1 saturated heterocycles. The molecule has 0 radical (unpaired) electrons. The lowest BCUT2D eigenvalue weighted by Crippen LogP contribution is -2.43. The molecule has 1 fully saturated rings. The topological polar surface area (TPSA) is 113 Å². The SMILES string of the molecule is COc1cc(-n2c(C(C)(C)CC#N)c([C@H]3CC[C@](C)(C(=O)O)OC3)c3cc4[nH]ncc4cc32)ccc1F. The zero-order valence-electron chi connectivity index (χ0n) is 21.3. The second kappa shape index (κ2) is 8.89. The lowest BCUT2D eigenvalue weighted by atomic mass is 9.77. The highest BCUT2D eigenvalue weighted by Crippen LogP contribution is 2.46. The molecule has 2 N–H and O–H groups in total. The Kier molecular flexibility index (Phi) is 5.95. The highest BCUT2D eigenvalue weighted by atomic mass is 19.1. The minimum atomic E-state index is -1.24. The fraction of sp³-hybridized carbons (Fsp3) is 0.393. The smallest absolute Gasteiger partial charge is 0.335 e. The van der Waals surface area contributed by atoms with Crippen LogP contribution in [-0.2, 0) is 14.9 Å². The number of ether oxygens (including phenoxy) is 2. The third-order valence-corrected chi connectivity index (χ3v) is 7.55. The molecule has 5 rings (SSSR count). The van der Waals surface area contributed by atoms with Crippen LogP contribution in [0.25, 0.3) is 27.5 Å². The molecule has 8 nitrogen and oxygen atoms in total. The molecule has 4 aromatic rings. The van der Waals surface area contributed by atoms with Gasteiger partial charge in [-0.2, -0.15) is 10.4 Å². The number of nitrogens with zero attached hydrogens (tertiary/aromatic N) is 3. The van der Waals surface area contributed by atoms with E-state index in [1.54, 1.807) is 25.3 Å². The van der Waals surface area contributed by atoms with E-state index in [2.05, 4.69) is 20.8 Å². The largest absolute Gasteiger partial charge is 0.494 e. The number of aliphatic carboxylic acids is 1. The number of hydrogen-bond acceptors (Lipinski definition) is 5. The van der Waals surface area contributed by atoms with Crippen LogP contribution in [0, 0.1) is 17.1 Å². The number of nitrogens with one attached hydrogen (secondary N) is 1. The molecule has 2 atom stereocenters. The van der Waals surface area contributed by atoms with E-state index in [-0.39, 0.29) is 24.7 Å². The van der Waals surface area contributed by atoms with Gasteiger partial charge < -0.3 is 19.1 Å². The van der Waals surface area contributed by atoms with Crippen LogP contribution in [0.3, 0.4) is 0 Å². The summed E-state index contributed by atoms with van der Waals surface area (Å²) in [7, 11) is 1.43. The van der Waals surface area contributed by atoms with Gasteiger partial charge in [0.15, 0.2) is 17.2 Å². The Bertz CT molecular complexity index is 1550. The summed E-state index contributed by atoms with van der Waals surface area (Å²) in [5.41, 5.74) is 2.52. The van der Waals surface area contributed by atoms with E-state index in [1.165, 1.54) is 13.2 Å². The molecule has 192 valence electrons. The monoisotopic (exact) mass is 504 g/mol. The Balaban J connectivity index is 1.83. The molecule has 1 aliphatic rings. The third-order valence-electron chi connectivity index (χ3n) is 7.55. The first kappa shape index (κ1) is 24.8. The predicted molar refractivity (Wildman–Crippen MR) is 137 cm³/mol. The molecule has 0 aliphatic carbocycles. The summed E-state index contributed by atoms with van der Waals surface area (Å²) in [6.07, 6.45) is 2.95. The second-order valence-corrected chi connectivity index (χ2v) is 10.5. The predicted octanol–water partition coefficient (Wildman–Crippen LogP) is 5.58. The third kappa shape index (κ3) is 4.02. The quantitative estimate of drug-likeness (QED) is 0.354. The van der Waals surface area contributed by atoms with Gasteiger partial charge in [0, 0.05) is 46.0 Å². The number of aromatic nitrogens is 3. The molecule has 3 heterocycles. The molecular formula is C28H29FN4O4. The van der Waals surface area contributed by atoms with Crippen molar-refractivity contribution in [2.24, 2.45) is 0 Å². The van der Waals surface area contributed by atoms with Crippen LogP contribution in [0.2, 0.25) is 0 Å². The van der Waals surface area contributed by atoms with Crippen molar-refractivity contribution in [1.29, 1.82) is 5.26 Å². The number of carboxylic acid groups (broad SMARTS) is 1. The molecular weight excluding hydrogens is 475 g/mol. The van der Waals surface area contributed by atoms with Crippen molar-refractivity contribution in [3.63, 3.8) is 0 Å². The van der Waals surface area contributed by atoms with Gasteiger partial charge in [-0.15, -0.1) is 0 Å². The van der Waals surface area contributed by atoms with E-state index in [0.717, 1.165) is 33.1 Å². The summed E-state index contributed by atoms with van der Waals surface area (Å²) in [5.74, 6) is -1.43. The van der Waals surface area contributed by atoms with E-state index in [4.69, 9.17) is 9.47 Å². The number of fused-ring (bicyclic) bond motifs is 2. The van der Waals surface area contributed by atoms with E-state index in [1.807, 2.05) is 26.0 Å². The van der Waals surface area contributed by atoms with Crippen LogP contribution in [0.15, 0.2) is 36.5 Å². The summed E-state index contributed by atoms with van der Waals surface area (Å²) in [5, 5.41) is 28.5. The van der Waals surface area contributed by atoms with Gasteiger partial charge in [-0.25, -0.2) is 9.18 Å². The zero-order chi connectivity index (χ0) is 26.5. The summed E-state index contributed by atoms with van der Waals surface area (Å²) in [6.45, 7) is 5.87. The first-order valence-electron chi connectivity index (χ1n) is 12.2. The highest BCUT2D eigenvalue weighted by molar-refractivity contribution is 5.99. The van der Waals surface area contributed by atoms with Crippen molar-refractivity contribution in [1.82, 2.24) is 14.8 Å². The fourth-order valence-electron chi connectivity index (χ4n) is 5.45. The van der Waals surface area contributed by atoms with Crippen LogP contribution in [0.4, 0.5) is 4.39 Å². The van der Waals surface area contributed by atoms with Crippen LogP contribution < -0.4 is 4.74 Å². The summed E-state index contributed by atoms with van der Waals surface area (Å²) >= 11 is 0. The molecule has 37 heavy (non-hydrogen) atoms. The molecule has 2 aromatic carbocycles. The van der Waals surface area contributed by atoms with Crippen LogP contribution >= 0.6 is 0 Å². The molecule has 2 aromatic heterocycles. The molecule has 1 aliphatic heterocycles. The summed E-state index contributed by atoms with van der Waals surface area (Å²) < 4.78 is 27.7. The van der Waals surface area contributed by atoms with Gasteiger partial charge in [-0.3, -0.25) is 5.10 Å². The molecule has 0 bridgehead atoms. The van der Waals surface area contributed by atoms with Crippen molar-refractivity contribution in [2.75, 3.05) is 13.7 Å². The second-order valence-electron chi connectivity index (χ2n) is 10.5. The standard InChI is InChI=1S/C28H29FN4O4/c1-27(2,9-10-30)25-24(16-7-8-28(3,26(34)35)37-15-16)19-13-21-17(14-31-32-21)11-22(19)33(25)18-5-6-20(29)23(12-18)36-4/h5-6,11-14,16H,7-9,15H2,1-4H3,(H,31,32)(H,34,35)/t16-,28+/m0/s1. The number of rotatable bonds is 6. The first-order chi connectivity index (χ1) is 17.6. The lowest BCUT2D eigenvalue weighted by Gasteiger charge is -2.36. The van der Waals surface area contributed by atoms with Crippen molar-refractivity contribution in [3.8, 4) is 17.5 Å². The Morgan fingerprint density at radius 3 is 2.84 bits per heavy atom. The number of H-pyrrole nitrogens is 1. The van der Waals surface area contributed by atoms with Gasteiger partial charge in [-0.05, 0) is 49.6 Å². The van der Waals surface area contributed by atoms with Gasteiger partial charge >= 0.3 is 5.97 Å². The molecule has 0 amide bonds. The number of benzene rings is 2. The van der Waals surface area contributed by atoms with Crippen molar-refractivity contribution in [3.05, 3.63) is 53.6 Å². The molecule has 0 saturated carbocycles. The average Bonchev–Trinajstić information content (AvgIpc) is 3.45. The van der Waals surface area contributed by atoms with Crippen LogP contribution in [-0.4, -0.2) is 45.2 Å². The number of aromatic amines is 1. The molecule has 9 heteroatoms. The Morgan fingerprint density at radius 2 is 2.19 bits per heavy atom. The first-order valence-corrected chi connectivity index (χ1v) is 12.2. The van der Waals surface area contributed by atoms with E-state index < -0.39 is 22.8 Å². The fourth-order valence-corrected chi connectivity index (χ4v) is 5.45. The summed E-state index contributed by atoms with van der Waals surface area (Å²) in [6, 6.07) is 11.1. The number of hydrogen-bond donors (Lipinski definition) is 2. The van der Waals surface area contributed by atoms with E-state index >= 15 is 0 Å². The van der Waals surface area contributed by atoms with Gasteiger partial charge in [0.25, 0.3) is 0 Å². The van der Waals surface area contributed by atoms with E-state index in [9.17, 15) is 19.6 Å². The summed E-state index contributed by atoms with van der Waals surface area (Å²) in [4.78, 5) is 11.8. The van der Waals surface area contributed by atoms with Gasteiger partial charge in [-0.1, -0.05) is 13.8 Å². The van der Waals surface area contributed by atoms with Gasteiger partial charge in [0.05, 0.1) is 37.0 Å². The van der Waals surface area contributed by atoms with Crippen molar-refractivity contribution in [2.45, 2.75) is 57.0 Å². The van der Waals surface area contributed by atoms with Crippen molar-refractivity contribution < 1.29 is 23.8 Å². The van der Waals surface area contributed by atoms with E-state index in [0.29, 0.717) is 18.5 Å². The van der Waals surface area contributed by atoms with Gasteiger partial charge in [0.2, 0.25) is 0 Å².